The van der Waals surface area contributed by atoms with E-state index in [1.165, 1.54) is 28.7 Å². The summed E-state index contributed by atoms with van der Waals surface area (Å²) in [7, 11) is 3.39. The van der Waals surface area contributed by atoms with Crippen LogP contribution >= 0.6 is 0 Å². The monoisotopic (exact) mass is 734 g/mol. The van der Waals surface area contributed by atoms with Crippen LogP contribution in [0.2, 0.25) is 0 Å². The normalized spacial score (nSPS) is 19.5. The molecule has 5 aromatic rings. The average molecular weight is 735 g/mol. The number of hydrogen-bond acceptors (Lipinski definition) is 6. The summed E-state index contributed by atoms with van der Waals surface area (Å²) >= 11 is 0. The summed E-state index contributed by atoms with van der Waals surface area (Å²) in [6.07, 6.45) is 7.81. The highest BCUT2D eigenvalue weighted by Gasteiger charge is 2.55. The van der Waals surface area contributed by atoms with Crippen molar-refractivity contribution in [3.63, 3.8) is 0 Å². The van der Waals surface area contributed by atoms with Gasteiger partial charge in [0.1, 0.15) is 36.2 Å². The van der Waals surface area contributed by atoms with Crippen molar-refractivity contribution < 1.29 is 28.5 Å². The van der Waals surface area contributed by atoms with E-state index in [9.17, 15) is 4.79 Å². The SMILES string of the molecule is C=C(C)C(=O)OCCOc1ccc(C2(c3ccc(OC)cc3)C=Cc3c4c(c5ccc(OC)cc5c3O2)-c2ccccc2C42CC(C)(C)CC(C)(C)C2)cc1. The second-order valence-electron chi connectivity index (χ2n) is 17.1. The zero-order chi connectivity index (χ0) is 38.8. The second-order valence-corrected chi connectivity index (χ2v) is 17.1. The van der Waals surface area contributed by atoms with E-state index in [-0.39, 0.29) is 29.5 Å². The Bertz CT molecular complexity index is 2330. The molecular formula is C49H50O6. The quantitative estimate of drug-likeness (QED) is 0.0853. The van der Waals surface area contributed by atoms with Crippen LogP contribution in [0.3, 0.4) is 0 Å². The zero-order valence-electron chi connectivity index (χ0n) is 33.0. The maximum atomic E-state index is 11.8. The molecule has 55 heavy (non-hydrogen) atoms. The predicted octanol–water partition coefficient (Wildman–Crippen LogP) is 11.2. The topological polar surface area (TPSA) is 63.2 Å². The van der Waals surface area contributed by atoms with Crippen LogP contribution in [0, 0.1) is 10.8 Å². The molecule has 0 radical (unpaired) electrons. The van der Waals surface area contributed by atoms with Gasteiger partial charge in [0.05, 0.1) is 14.2 Å². The molecule has 1 spiro atoms. The molecule has 1 atom stereocenters. The minimum atomic E-state index is -0.983. The molecule has 6 heteroatoms. The van der Waals surface area contributed by atoms with Crippen LogP contribution in [0.4, 0.5) is 0 Å². The van der Waals surface area contributed by atoms with E-state index in [4.69, 9.17) is 23.7 Å². The number of benzene rings is 5. The van der Waals surface area contributed by atoms with E-state index in [1.807, 2.05) is 24.3 Å². The van der Waals surface area contributed by atoms with E-state index in [0.717, 1.165) is 57.6 Å². The molecule has 1 aliphatic heterocycles. The maximum Gasteiger partial charge on any atom is 0.333 e. The number of fused-ring (bicyclic) bond motifs is 10. The Labute approximate surface area is 324 Å². The summed E-state index contributed by atoms with van der Waals surface area (Å²) in [4.78, 5) is 11.8. The summed E-state index contributed by atoms with van der Waals surface area (Å²) in [6, 6.07) is 31.6. The first-order valence-corrected chi connectivity index (χ1v) is 19.2. The van der Waals surface area contributed by atoms with Crippen LogP contribution in [0.15, 0.2) is 109 Å². The Morgan fingerprint density at radius 3 is 2.00 bits per heavy atom. The van der Waals surface area contributed by atoms with Gasteiger partial charge in [0.15, 0.2) is 5.60 Å². The van der Waals surface area contributed by atoms with Crippen LogP contribution in [-0.2, 0) is 20.5 Å². The van der Waals surface area contributed by atoms with Gasteiger partial charge < -0.3 is 23.7 Å². The fourth-order valence-corrected chi connectivity index (χ4v) is 10.3. The lowest BCUT2D eigenvalue weighted by Crippen LogP contribution is -2.44. The standard InChI is InChI=1S/C49H50O6/c1-31(2)45(50)54-26-25-53-35-19-15-33(16-20-35)49(32-13-17-34(51-7)18-14-32)24-23-39-43-42(37-22-21-36(52-8)27-40(37)44(39)55-49)38-11-9-10-12-41(38)48(43)29-46(3,4)28-47(5,6)30-48/h9-24,27H,1,25-26,28-30H2,2-8H3. The molecule has 5 aromatic carbocycles. The molecule has 1 unspecified atom stereocenters. The van der Waals surface area contributed by atoms with Gasteiger partial charge in [-0.25, -0.2) is 4.79 Å². The number of carbonyl (C=O) groups is 1. The van der Waals surface area contributed by atoms with Gasteiger partial charge in [0.25, 0.3) is 0 Å². The van der Waals surface area contributed by atoms with Crippen molar-refractivity contribution in [1.82, 2.24) is 0 Å². The van der Waals surface area contributed by atoms with Crippen molar-refractivity contribution in [3.05, 3.63) is 137 Å². The molecule has 1 saturated carbocycles. The summed E-state index contributed by atoms with van der Waals surface area (Å²) in [5.41, 5.74) is 7.88. The molecule has 6 nitrogen and oxygen atoms in total. The molecule has 0 saturated heterocycles. The van der Waals surface area contributed by atoms with Crippen molar-refractivity contribution >= 4 is 22.8 Å². The molecule has 0 aromatic heterocycles. The van der Waals surface area contributed by atoms with Crippen LogP contribution in [0.5, 0.6) is 23.0 Å². The lowest BCUT2D eigenvalue weighted by molar-refractivity contribution is -0.139. The first kappa shape index (κ1) is 36.5. The molecule has 2 aliphatic carbocycles. The van der Waals surface area contributed by atoms with Gasteiger partial charge in [-0.1, -0.05) is 88.9 Å². The number of esters is 1. The zero-order valence-corrected chi connectivity index (χ0v) is 33.0. The number of hydrogen-bond donors (Lipinski definition) is 0. The Balaban J connectivity index is 1.32. The fourth-order valence-electron chi connectivity index (χ4n) is 10.3. The highest BCUT2D eigenvalue weighted by molar-refractivity contribution is 6.09. The molecule has 0 bridgehead atoms. The van der Waals surface area contributed by atoms with E-state index in [1.54, 1.807) is 21.1 Å². The van der Waals surface area contributed by atoms with Gasteiger partial charge in [-0.2, -0.15) is 0 Å². The van der Waals surface area contributed by atoms with Crippen molar-refractivity contribution in [2.75, 3.05) is 27.4 Å². The highest BCUT2D eigenvalue weighted by Crippen LogP contribution is 2.67. The van der Waals surface area contributed by atoms with Crippen molar-refractivity contribution in [1.29, 1.82) is 0 Å². The predicted molar refractivity (Wildman–Crippen MR) is 219 cm³/mol. The third-order valence-electron chi connectivity index (χ3n) is 11.7. The third-order valence-corrected chi connectivity index (χ3v) is 11.7. The van der Waals surface area contributed by atoms with Crippen molar-refractivity contribution in [2.45, 2.75) is 64.9 Å². The Morgan fingerprint density at radius 1 is 0.745 bits per heavy atom. The smallest absolute Gasteiger partial charge is 0.333 e. The highest BCUT2D eigenvalue weighted by atomic mass is 16.6. The molecule has 8 rings (SSSR count). The lowest BCUT2D eigenvalue weighted by atomic mass is 9.52. The summed E-state index contributed by atoms with van der Waals surface area (Å²) in [5.74, 6) is 2.63. The van der Waals surface area contributed by atoms with Gasteiger partial charge in [-0.15, -0.1) is 0 Å². The summed E-state index contributed by atoms with van der Waals surface area (Å²) in [6.45, 7) is 15.4. The number of methoxy groups -OCH3 is 2. The van der Waals surface area contributed by atoms with Crippen molar-refractivity contribution in [3.8, 4) is 34.1 Å². The molecule has 3 aliphatic rings. The van der Waals surface area contributed by atoms with Crippen LogP contribution in [-0.4, -0.2) is 33.4 Å². The van der Waals surface area contributed by atoms with Crippen LogP contribution in [0.1, 0.15) is 81.7 Å². The molecule has 1 fully saturated rings. The molecular weight excluding hydrogens is 685 g/mol. The van der Waals surface area contributed by atoms with Crippen molar-refractivity contribution in [2.24, 2.45) is 10.8 Å². The Morgan fingerprint density at radius 2 is 1.36 bits per heavy atom. The summed E-state index contributed by atoms with van der Waals surface area (Å²) in [5, 5.41) is 2.18. The largest absolute Gasteiger partial charge is 0.497 e. The van der Waals surface area contributed by atoms with Crippen LogP contribution < -0.4 is 18.9 Å². The van der Waals surface area contributed by atoms with Gasteiger partial charge in [0.2, 0.25) is 0 Å². The Kier molecular flexibility index (Phi) is 8.87. The second kappa shape index (κ2) is 13.4. The molecule has 282 valence electrons. The van der Waals surface area contributed by atoms with Crippen LogP contribution in [0.25, 0.3) is 28.0 Å². The minimum absolute atomic E-state index is 0.125. The van der Waals surface area contributed by atoms with E-state index < -0.39 is 11.6 Å². The maximum absolute atomic E-state index is 11.8. The fraction of sp³-hybridized carbons (Fsp3) is 0.327. The third kappa shape index (κ3) is 6.16. The molecule has 1 heterocycles. The first-order valence-electron chi connectivity index (χ1n) is 19.2. The van der Waals surface area contributed by atoms with Gasteiger partial charge in [0, 0.05) is 33.1 Å². The molecule has 0 amide bonds. The van der Waals surface area contributed by atoms with Gasteiger partial charge >= 0.3 is 5.97 Å². The first-order chi connectivity index (χ1) is 26.3. The summed E-state index contributed by atoms with van der Waals surface area (Å²) < 4.78 is 30.3. The van der Waals surface area contributed by atoms with E-state index in [0.29, 0.717) is 11.3 Å². The minimum Gasteiger partial charge on any atom is -0.497 e. The van der Waals surface area contributed by atoms with E-state index >= 15 is 0 Å². The van der Waals surface area contributed by atoms with Gasteiger partial charge in [-0.05, 0) is 113 Å². The van der Waals surface area contributed by atoms with E-state index in [2.05, 4.69) is 113 Å². The number of rotatable bonds is 9. The number of carbonyl (C=O) groups excluding carboxylic acids is 1. The van der Waals surface area contributed by atoms with Gasteiger partial charge in [-0.3, -0.25) is 0 Å². The molecule has 0 N–H and O–H groups in total. The number of ether oxygens (including phenoxy) is 5. The Hall–Kier alpha value is -5.49. The lowest BCUT2D eigenvalue weighted by Gasteiger charge is -2.52. The average Bonchev–Trinajstić information content (AvgIpc) is 3.43.